The summed E-state index contributed by atoms with van der Waals surface area (Å²) in [5.74, 6) is 0.408. The van der Waals surface area contributed by atoms with Crippen molar-refractivity contribution in [3.05, 3.63) is 92.4 Å². The Hall–Kier alpha value is -2.64. The molecule has 1 amide bonds. The SMILES string of the molecule is Cc1ccc(NCC(=O)N/N=C\c2cc(Br)cc(Br)c2OCc2ccccc2)cc1. The van der Waals surface area contributed by atoms with Crippen LogP contribution in [-0.2, 0) is 11.4 Å². The number of ether oxygens (including phenoxy) is 1. The third-order valence-electron chi connectivity index (χ3n) is 4.16. The van der Waals surface area contributed by atoms with Gasteiger partial charge < -0.3 is 10.1 Å². The molecule has 0 aromatic heterocycles. The molecule has 2 N–H and O–H groups in total. The number of anilines is 1. The van der Waals surface area contributed by atoms with Crippen molar-refractivity contribution in [2.75, 3.05) is 11.9 Å². The van der Waals surface area contributed by atoms with Crippen LogP contribution in [-0.4, -0.2) is 18.7 Å². The van der Waals surface area contributed by atoms with Crippen LogP contribution in [0.5, 0.6) is 5.75 Å². The summed E-state index contributed by atoms with van der Waals surface area (Å²) < 4.78 is 7.66. The molecular formula is C23H21Br2N3O2. The van der Waals surface area contributed by atoms with Crippen molar-refractivity contribution >= 4 is 49.7 Å². The van der Waals surface area contributed by atoms with Crippen molar-refractivity contribution in [2.45, 2.75) is 13.5 Å². The van der Waals surface area contributed by atoms with Crippen LogP contribution in [0.25, 0.3) is 0 Å². The summed E-state index contributed by atoms with van der Waals surface area (Å²) in [4.78, 5) is 12.1. The Balaban J connectivity index is 1.60. The molecule has 0 heterocycles. The molecule has 0 spiro atoms. The number of nitrogens with zero attached hydrogens (tertiary/aromatic N) is 1. The number of nitrogens with one attached hydrogen (secondary N) is 2. The van der Waals surface area contributed by atoms with Crippen molar-refractivity contribution in [1.29, 1.82) is 0 Å². The summed E-state index contributed by atoms with van der Waals surface area (Å²) in [6, 6.07) is 21.5. The standard InChI is InChI=1S/C23H21Br2N3O2/c1-16-7-9-20(10-8-16)26-14-22(29)28-27-13-18-11-19(24)12-21(25)23(18)30-15-17-5-3-2-4-6-17/h2-13,26H,14-15H2,1H3,(H,28,29)/b27-13-. The van der Waals surface area contributed by atoms with E-state index in [-0.39, 0.29) is 12.5 Å². The fourth-order valence-electron chi connectivity index (χ4n) is 2.63. The van der Waals surface area contributed by atoms with Crippen LogP contribution in [0.15, 0.2) is 80.8 Å². The lowest BCUT2D eigenvalue weighted by Crippen LogP contribution is -2.25. The Morgan fingerprint density at radius 1 is 1.07 bits per heavy atom. The highest BCUT2D eigenvalue weighted by Gasteiger charge is 2.10. The minimum absolute atomic E-state index is 0.125. The molecule has 0 unspecified atom stereocenters. The summed E-state index contributed by atoms with van der Waals surface area (Å²) in [5, 5.41) is 7.14. The Kier molecular flexibility index (Phi) is 8.04. The summed E-state index contributed by atoms with van der Waals surface area (Å²) in [6.07, 6.45) is 1.57. The lowest BCUT2D eigenvalue weighted by atomic mass is 10.2. The smallest absolute Gasteiger partial charge is 0.259 e. The third kappa shape index (κ3) is 6.71. The van der Waals surface area contributed by atoms with E-state index in [0.29, 0.717) is 12.4 Å². The number of halogens is 2. The van der Waals surface area contributed by atoms with Crippen molar-refractivity contribution < 1.29 is 9.53 Å². The summed E-state index contributed by atoms with van der Waals surface area (Å²) in [6.45, 7) is 2.57. The van der Waals surface area contributed by atoms with Crippen LogP contribution >= 0.6 is 31.9 Å². The quantitative estimate of drug-likeness (QED) is 0.292. The number of rotatable bonds is 8. The molecule has 0 aliphatic carbocycles. The van der Waals surface area contributed by atoms with Gasteiger partial charge in [0, 0.05) is 15.7 Å². The van der Waals surface area contributed by atoms with E-state index in [2.05, 4.69) is 47.7 Å². The molecule has 0 saturated carbocycles. The van der Waals surface area contributed by atoms with Gasteiger partial charge in [0.05, 0.1) is 17.2 Å². The highest BCUT2D eigenvalue weighted by Crippen LogP contribution is 2.32. The van der Waals surface area contributed by atoms with Gasteiger partial charge in [-0.2, -0.15) is 5.10 Å². The molecule has 0 atom stereocenters. The second-order valence-electron chi connectivity index (χ2n) is 6.59. The number of hydrazone groups is 1. The molecule has 0 aliphatic heterocycles. The molecule has 0 fully saturated rings. The lowest BCUT2D eigenvalue weighted by Gasteiger charge is -2.12. The van der Waals surface area contributed by atoms with Crippen molar-refractivity contribution in [1.82, 2.24) is 5.43 Å². The largest absolute Gasteiger partial charge is 0.487 e. The summed E-state index contributed by atoms with van der Waals surface area (Å²) in [5.41, 5.74) is 6.38. The van der Waals surface area contributed by atoms with Crippen molar-refractivity contribution in [3.63, 3.8) is 0 Å². The first-order valence-corrected chi connectivity index (χ1v) is 10.9. The number of hydrogen-bond donors (Lipinski definition) is 2. The summed E-state index contributed by atoms with van der Waals surface area (Å²) in [7, 11) is 0. The number of carbonyl (C=O) groups is 1. The van der Waals surface area contributed by atoms with Gasteiger partial charge in [-0.15, -0.1) is 0 Å². The second kappa shape index (κ2) is 10.9. The number of aryl methyl sites for hydroxylation is 1. The first kappa shape index (κ1) is 22.1. The van der Waals surface area contributed by atoms with Crippen LogP contribution in [0, 0.1) is 6.92 Å². The Morgan fingerprint density at radius 2 is 1.80 bits per heavy atom. The van der Waals surface area contributed by atoms with Gasteiger partial charge in [0.15, 0.2) is 0 Å². The van der Waals surface area contributed by atoms with E-state index in [1.54, 1.807) is 6.21 Å². The molecule has 3 aromatic rings. The number of hydrogen-bond acceptors (Lipinski definition) is 4. The normalized spacial score (nSPS) is 10.8. The van der Waals surface area contributed by atoms with E-state index >= 15 is 0 Å². The third-order valence-corrected chi connectivity index (χ3v) is 5.21. The Morgan fingerprint density at radius 3 is 2.53 bits per heavy atom. The van der Waals surface area contributed by atoms with Gasteiger partial charge in [-0.05, 0) is 52.7 Å². The zero-order valence-electron chi connectivity index (χ0n) is 16.4. The molecular weight excluding hydrogens is 510 g/mol. The average Bonchev–Trinajstić information content (AvgIpc) is 2.73. The minimum atomic E-state index is -0.243. The van der Waals surface area contributed by atoms with Gasteiger partial charge in [-0.25, -0.2) is 5.43 Å². The molecule has 0 radical (unpaired) electrons. The summed E-state index contributed by atoms with van der Waals surface area (Å²) >= 11 is 7.01. The lowest BCUT2D eigenvalue weighted by molar-refractivity contribution is -0.119. The molecule has 3 rings (SSSR count). The van der Waals surface area contributed by atoms with Crippen LogP contribution in [0.1, 0.15) is 16.7 Å². The monoisotopic (exact) mass is 529 g/mol. The van der Waals surface area contributed by atoms with E-state index < -0.39 is 0 Å². The first-order valence-electron chi connectivity index (χ1n) is 9.29. The average molecular weight is 531 g/mol. The molecule has 3 aromatic carbocycles. The maximum atomic E-state index is 12.1. The highest BCUT2D eigenvalue weighted by atomic mass is 79.9. The van der Waals surface area contributed by atoms with E-state index in [4.69, 9.17) is 4.74 Å². The van der Waals surface area contributed by atoms with Crippen molar-refractivity contribution in [2.24, 2.45) is 5.10 Å². The van der Waals surface area contributed by atoms with E-state index in [1.165, 1.54) is 5.56 Å². The van der Waals surface area contributed by atoms with E-state index in [1.807, 2.05) is 73.7 Å². The first-order chi connectivity index (χ1) is 14.5. The second-order valence-corrected chi connectivity index (χ2v) is 8.36. The molecule has 0 bridgehead atoms. The fourth-order valence-corrected chi connectivity index (χ4v) is 4.00. The number of benzene rings is 3. The zero-order valence-corrected chi connectivity index (χ0v) is 19.5. The number of amides is 1. The molecule has 0 aliphatic rings. The van der Waals surface area contributed by atoms with Crippen LogP contribution in [0.3, 0.4) is 0 Å². The van der Waals surface area contributed by atoms with E-state index in [0.717, 1.165) is 25.8 Å². The maximum Gasteiger partial charge on any atom is 0.259 e. The predicted molar refractivity (Wildman–Crippen MR) is 128 cm³/mol. The fraction of sp³-hybridized carbons (Fsp3) is 0.130. The molecule has 154 valence electrons. The number of carbonyl (C=O) groups excluding carboxylic acids is 1. The van der Waals surface area contributed by atoms with Gasteiger partial charge >= 0.3 is 0 Å². The maximum absolute atomic E-state index is 12.1. The minimum Gasteiger partial charge on any atom is -0.487 e. The molecule has 5 nitrogen and oxygen atoms in total. The van der Waals surface area contributed by atoms with Crippen molar-refractivity contribution in [3.8, 4) is 5.75 Å². The van der Waals surface area contributed by atoms with Gasteiger partial charge in [0.2, 0.25) is 0 Å². The highest BCUT2D eigenvalue weighted by molar-refractivity contribution is 9.11. The zero-order chi connectivity index (χ0) is 21.3. The van der Waals surface area contributed by atoms with Crippen LogP contribution in [0.2, 0.25) is 0 Å². The molecule has 30 heavy (non-hydrogen) atoms. The van der Waals surface area contributed by atoms with Gasteiger partial charge in [-0.1, -0.05) is 64.0 Å². The van der Waals surface area contributed by atoms with Crippen LogP contribution < -0.4 is 15.5 Å². The van der Waals surface area contributed by atoms with Crippen LogP contribution in [0.4, 0.5) is 5.69 Å². The Bertz CT molecular complexity index is 1020. The topological polar surface area (TPSA) is 62.7 Å². The van der Waals surface area contributed by atoms with E-state index in [9.17, 15) is 4.79 Å². The Labute approximate surface area is 192 Å². The molecule has 7 heteroatoms. The molecule has 0 saturated heterocycles. The predicted octanol–water partition coefficient (Wildman–Crippen LogP) is 5.66. The van der Waals surface area contributed by atoms with Gasteiger partial charge in [0.1, 0.15) is 12.4 Å². The van der Waals surface area contributed by atoms with Gasteiger partial charge in [-0.3, -0.25) is 4.79 Å². The van der Waals surface area contributed by atoms with Gasteiger partial charge in [0.25, 0.3) is 5.91 Å².